The first-order valence-electron chi connectivity index (χ1n) is 23.1. The van der Waals surface area contributed by atoms with Crippen LogP contribution in [0.4, 0.5) is 11.4 Å². The van der Waals surface area contributed by atoms with Gasteiger partial charge in [0.2, 0.25) is 5.76 Å². The van der Waals surface area contributed by atoms with E-state index in [1.807, 2.05) is 24.3 Å². The molecule has 0 saturated carbocycles. The number of nitrogens with two attached hydrogens (primary N) is 2. The first-order chi connectivity index (χ1) is 34.4. The predicted molar refractivity (Wildman–Crippen MR) is 271 cm³/mol. The lowest BCUT2D eigenvalue weighted by Crippen LogP contribution is -2.34. The minimum Gasteiger partial charge on any atom is -0.486 e. The normalized spacial score (nSPS) is 16.6. The van der Waals surface area contributed by atoms with E-state index in [1.165, 1.54) is 0 Å². The zero-order valence-corrected chi connectivity index (χ0v) is 42.0. The Morgan fingerprint density at radius 3 is 1.44 bits per heavy atom. The van der Waals surface area contributed by atoms with E-state index in [4.69, 9.17) is 86.7 Å². The molecule has 0 fully saturated rings. The van der Waals surface area contributed by atoms with Crippen LogP contribution in [0.25, 0.3) is 0 Å². The van der Waals surface area contributed by atoms with E-state index in [2.05, 4.69) is 10.6 Å². The van der Waals surface area contributed by atoms with Crippen LogP contribution in [0.3, 0.4) is 0 Å². The van der Waals surface area contributed by atoms with Crippen molar-refractivity contribution in [2.45, 2.75) is 75.8 Å². The lowest BCUT2D eigenvalue weighted by atomic mass is 9.95. The number of carbonyl (C=O) groups is 4. The van der Waals surface area contributed by atoms with Crippen LogP contribution in [-0.4, -0.2) is 101 Å². The van der Waals surface area contributed by atoms with Gasteiger partial charge in [-0.05, 0) is 98.4 Å². The third-order valence-electron chi connectivity index (χ3n) is 11.5. The maximum atomic E-state index is 12.9. The van der Waals surface area contributed by atoms with Crippen LogP contribution in [-0.2, 0) is 23.9 Å². The molecule has 11 N–H and O–H groups in total. The third kappa shape index (κ3) is 17.8. The van der Waals surface area contributed by atoms with Gasteiger partial charge in [0.1, 0.15) is 25.4 Å². The van der Waals surface area contributed by atoms with E-state index in [0.29, 0.717) is 114 Å². The fourth-order valence-corrected chi connectivity index (χ4v) is 8.70. The molecule has 2 heterocycles. The second kappa shape index (κ2) is 28.5. The molecule has 0 saturated heterocycles. The highest BCUT2D eigenvalue weighted by Crippen LogP contribution is 2.36. The van der Waals surface area contributed by atoms with Crippen molar-refractivity contribution in [1.29, 1.82) is 0 Å². The van der Waals surface area contributed by atoms with E-state index in [1.54, 1.807) is 48.5 Å². The Kier molecular flexibility index (Phi) is 22.7. The molecule has 4 aromatic rings. The van der Waals surface area contributed by atoms with Gasteiger partial charge in [0.15, 0.2) is 23.0 Å². The van der Waals surface area contributed by atoms with Crippen LogP contribution in [0.15, 0.2) is 84.6 Å². The molecule has 2 aliphatic heterocycles. The maximum absolute atomic E-state index is 12.9. The first-order valence-corrected chi connectivity index (χ1v) is 24.6. The highest BCUT2D eigenvalue weighted by atomic mass is 35.5. The van der Waals surface area contributed by atoms with Gasteiger partial charge in [-0.25, -0.2) is 9.59 Å². The van der Waals surface area contributed by atoms with Crippen LogP contribution in [0.1, 0.15) is 74.7 Å². The number of carbonyl (C=O) groups excluding carboxylic acids is 1. The molecule has 2 aliphatic rings. The third-order valence-corrected chi connectivity index (χ3v) is 12.8. The van der Waals surface area contributed by atoms with Crippen LogP contribution < -0.4 is 41.0 Å². The van der Waals surface area contributed by atoms with Crippen molar-refractivity contribution >= 4 is 81.7 Å². The number of rotatable bonds is 25. The monoisotopic (exact) mass is 1080 g/mol. The van der Waals surface area contributed by atoms with Crippen molar-refractivity contribution in [1.82, 2.24) is 10.6 Å². The molecule has 72 heavy (non-hydrogen) atoms. The lowest BCUT2D eigenvalue weighted by Gasteiger charge is -2.28. The van der Waals surface area contributed by atoms with E-state index in [9.17, 15) is 39.6 Å². The summed E-state index contributed by atoms with van der Waals surface area (Å²) >= 11 is 24.1. The number of carboxylic acid groups (broad SMARTS) is 3. The molecule has 6 unspecified atom stereocenters. The van der Waals surface area contributed by atoms with Crippen molar-refractivity contribution in [3.63, 3.8) is 0 Å². The quantitative estimate of drug-likeness (QED) is 0.00995. The molecule has 0 radical (unpaired) electrons. The number of aliphatic hydroxyl groups is 2. The molecule has 0 amide bonds. The molecular weight excluding hydrogens is 1020 g/mol. The number of nitrogens with one attached hydrogen (secondary N) is 2. The smallest absolute Gasteiger partial charge is 0.372 e. The Hall–Kier alpha value is -5.70. The van der Waals surface area contributed by atoms with Crippen molar-refractivity contribution in [2.75, 3.05) is 50.9 Å². The summed E-state index contributed by atoms with van der Waals surface area (Å²) in [5.74, 6) is -4.77. The number of aliphatic carboxylic acids is 3. The van der Waals surface area contributed by atoms with Gasteiger partial charge in [-0.1, -0.05) is 83.5 Å². The Morgan fingerprint density at radius 1 is 0.639 bits per heavy atom. The summed E-state index contributed by atoms with van der Waals surface area (Å²) in [6.07, 6.45) is 1.99. The summed E-state index contributed by atoms with van der Waals surface area (Å²) < 4.78 is 28.2. The highest BCUT2D eigenvalue weighted by molar-refractivity contribution is 6.39. The number of aliphatic hydroxyl groups excluding tert-OH is 2. The summed E-state index contributed by atoms with van der Waals surface area (Å²) in [7, 11) is 0. The molecule has 4 aromatic carbocycles. The molecule has 390 valence electrons. The van der Waals surface area contributed by atoms with Gasteiger partial charge >= 0.3 is 23.9 Å². The van der Waals surface area contributed by atoms with Crippen molar-refractivity contribution in [3.05, 3.63) is 116 Å². The van der Waals surface area contributed by atoms with Crippen LogP contribution >= 0.6 is 46.4 Å². The number of benzene rings is 4. The molecule has 0 bridgehead atoms. The molecule has 0 spiro atoms. The fraction of sp³-hybridized carbons (Fsp3) is 0.400. The Labute approximate surface area is 436 Å². The predicted octanol–water partition coefficient (Wildman–Crippen LogP) is 8.11. The van der Waals surface area contributed by atoms with Gasteiger partial charge in [-0.2, -0.15) is 0 Å². The Bertz CT molecular complexity index is 2470. The SMILES string of the molecule is Nc1c(Cl)cc(C(O)CNCCCCC(CC2COc3ccccc3O2)C(=O)O)cc1Cl.Nc1c(Cl)cc(C(O)CNCCCCC(CC2COc3ccccc3O2)C(=O)OC(=CC(=O)O)C(=O)O)cc1Cl. The second-order valence-electron chi connectivity index (χ2n) is 17.0. The van der Waals surface area contributed by atoms with Gasteiger partial charge < -0.3 is 71.3 Å². The van der Waals surface area contributed by atoms with Gasteiger partial charge in [-0.3, -0.25) is 9.59 Å². The fourth-order valence-electron chi connectivity index (χ4n) is 7.69. The molecule has 6 rings (SSSR count). The number of anilines is 2. The minimum atomic E-state index is -1.67. The summed E-state index contributed by atoms with van der Waals surface area (Å²) in [5, 5.41) is 55.8. The maximum Gasteiger partial charge on any atom is 0.372 e. The largest absolute Gasteiger partial charge is 0.486 e. The zero-order valence-electron chi connectivity index (χ0n) is 38.9. The average Bonchev–Trinajstić information content (AvgIpc) is 3.35. The van der Waals surface area contributed by atoms with Crippen molar-refractivity contribution < 1.29 is 68.4 Å². The zero-order chi connectivity index (χ0) is 52.3. The topological polar surface area (TPSA) is 292 Å². The van der Waals surface area contributed by atoms with E-state index < -0.39 is 59.8 Å². The first kappa shape index (κ1) is 57.2. The number of hydrogen-bond acceptors (Lipinski definition) is 15. The van der Waals surface area contributed by atoms with Crippen molar-refractivity contribution in [3.8, 4) is 23.0 Å². The number of halogens is 4. The molecule has 0 aromatic heterocycles. The number of para-hydroxylation sites is 4. The molecule has 0 aliphatic carbocycles. The number of hydrogen-bond donors (Lipinski definition) is 9. The molecule has 18 nitrogen and oxygen atoms in total. The number of fused-ring (bicyclic) bond motifs is 2. The Morgan fingerprint density at radius 2 is 1.04 bits per heavy atom. The molecular formula is C50H58Cl4N4O14. The molecule has 6 atom stereocenters. The summed E-state index contributed by atoms with van der Waals surface area (Å²) in [6, 6.07) is 20.8. The minimum absolute atomic E-state index is 0.165. The number of unbranched alkanes of at least 4 members (excludes halogenated alkanes) is 2. The van der Waals surface area contributed by atoms with E-state index >= 15 is 0 Å². The molecule has 22 heteroatoms. The second-order valence-corrected chi connectivity index (χ2v) is 18.6. The lowest BCUT2D eigenvalue weighted by molar-refractivity contribution is -0.152. The van der Waals surface area contributed by atoms with Crippen molar-refractivity contribution in [2.24, 2.45) is 11.8 Å². The van der Waals surface area contributed by atoms with Crippen LogP contribution in [0.5, 0.6) is 23.0 Å². The number of carboxylic acids is 3. The van der Waals surface area contributed by atoms with Gasteiger partial charge in [0.25, 0.3) is 0 Å². The van der Waals surface area contributed by atoms with Crippen LogP contribution in [0, 0.1) is 11.8 Å². The van der Waals surface area contributed by atoms with Crippen LogP contribution in [0.2, 0.25) is 20.1 Å². The summed E-state index contributed by atoms with van der Waals surface area (Å²) in [4.78, 5) is 46.9. The van der Waals surface area contributed by atoms with Gasteiger partial charge in [0.05, 0.1) is 61.6 Å². The number of esters is 1. The highest BCUT2D eigenvalue weighted by Gasteiger charge is 2.31. The van der Waals surface area contributed by atoms with Gasteiger partial charge in [-0.15, -0.1) is 0 Å². The average molecular weight is 1080 g/mol. The van der Waals surface area contributed by atoms with E-state index in [-0.39, 0.29) is 41.4 Å². The summed E-state index contributed by atoms with van der Waals surface area (Å²) in [5.41, 5.74) is 13.1. The number of ether oxygens (including phenoxy) is 5. The Balaban J connectivity index is 0.000000274. The number of nitrogen functional groups attached to an aromatic ring is 2. The van der Waals surface area contributed by atoms with Gasteiger partial charge in [0, 0.05) is 25.9 Å². The standard InChI is InChI=1S/C27H30Cl2N2O9.C23H28Cl2N2O5/c28-18-10-16(11-19(29)25(18)30)20(32)13-31-8-4-3-5-15(27(37)40-23(26(35)36)12-24(33)34)9-17-14-38-21-6-1-2-7-22(21)39-17;24-17-10-15(11-18(25)22(17)26)19(28)12-27-8-4-3-5-14(23(29)30)9-16-13-31-20-6-1-2-7-21(20)32-16/h1-2,6-7,10-12,15,17,20,31-32H,3-5,8-9,13-14,30H2,(H,33,34)(H,35,36);1-2,6-7,10-11,14,16,19,27-28H,3-5,8-9,12-13,26H2,(H,29,30). The summed E-state index contributed by atoms with van der Waals surface area (Å²) in [6.45, 7) is 2.22. The van der Waals surface area contributed by atoms with E-state index in [0.717, 1.165) is 12.8 Å².